The SMILES string of the molecule is C=C(Nc1cccc(OC(F)C(F)F)c1)C(=C)N(/C=C\C)/C=C(\C)c1cc(C(C)(F)F)cc(C(F)(F)F)c1.CC.CF. The van der Waals surface area contributed by atoms with Crippen LogP contribution in [0.4, 0.5) is 45.2 Å². The Morgan fingerprint density at radius 1 is 0.952 bits per heavy atom. The smallest absolute Gasteiger partial charge is 0.416 e. The highest BCUT2D eigenvalue weighted by molar-refractivity contribution is 5.66. The van der Waals surface area contributed by atoms with Crippen LogP contribution in [0.1, 0.15) is 51.3 Å². The molecule has 0 amide bonds. The van der Waals surface area contributed by atoms with Gasteiger partial charge in [-0.05, 0) is 55.3 Å². The molecule has 0 saturated heterocycles. The fourth-order valence-electron chi connectivity index (χ4n) is 3.16. The van der Waals surface area contributed by atoms with E-state index in [1.807, 2.05) is 13.8 Å². The first-order valence-corrected chi connectivity index (χ1v) is 12.5. The number of anilines is 1. The summed E-state index contributed by atoms with van der Waals surface area (Å²) in [5.74, 6) is -3.67. The number of benzene rings is 2. The molecular formula is C30H35F9N2O. The Hall–Kier alpha value is -3.83. The Bertz CT molecular complexity index is 1180. The monoisotopic (exact) mass is 610 g/mol. The molecule has 0 saturated carbocycles. The second kappa shape index (κ2) is 17.2. The van der Waals surface area contributed by atoms with E-state index in [0.717, 1.165) is 12.1 Å². The summed E-state index contributed by atoms with van der Waals surface area (Å²) >= 11 is 0. The zero-order chi connectivity index (χ0) is 32.8. The van der Waals surface area contributed by atoms with Crippen LogP contribution >= 0.6 is 0 Å². The third kappa shape index (κ3) is 12.0. The van der Waals surface area contributed by atoms with Gasteiger partial charge in [-0.3, -0.25) is 4.39 Å². The van der Waals surface area contributed by atoms with Crippen LogP contribution in [-0.2, 0) is 12.1 Å². The largest absolute Gasteiger partial charge is 0.454 e. The Morgan fingerprint density at radius 3 is 2.02 bits per heavy atom. The molecule has 2 aromatic carbocycles. The third-order valence-electron chi connectivity index (χ3n) is 5.10. The van der Waals surface area contributed by atoms with Crippen LogP contribution in [0.15, 0.2) is 85.5 Å². The van der Waals surface area contributed by atoms with Crippen molar-refractivity contribution in [2.45, 2.75) is 59.5 Å². The van der Waals surface area contributed by atoms with Gasteiger partial charge in [0.15, 0.2) is 0 Å². The first-order valence-electron chi connectivity index (χ1n) is 12.5. The molecule has 1 atom stereocenters. The molecule has 12 heteroatoms. The number of hydrogen-bond donors (Lipinski definition) is 1. The van der Waals surface area contributed by atoms with Crippen molar-refractivity contribution in [2.75, 3.05) is 12.5 Å². The van der Waals surface area contributed by atoms with Crippen LogP contribution in [0, 0.1) is 0 Å². The van der Waals surface area contributed by atoms with Crippen molar-refractivity contribution in [3.8, 4) is 5.75 Å². The molecule has 0 spiro atoms. The second-order valence-corrected chi connectivity index (χ2v) is 8.27. The lowest BCUT2D eigenvalue weighted by atomic mass is 9.98. The van der Waals surface area contributed by atoms with Gasteiger partial charge in [0, 0.05) is 36.6 Å². The quantitative estimate of drug-likeness (QED) is 0.202. The summed E-state index contributed by atoms with van der Waals surface area (Å²) in [7, 11) is 0.500. The van der Waals surface area contributed by atoms with E-state index < -0.39 is 36.0 Å². The highest BCUT2D eigenvalue weighted by Crippen LogP contribution is 2.37. The van der Waals surface area contributed by atoms with Crippen molar-refractivity contribution in [2.24, 2.45) is 0 Å². The molecule has 1 unspecified atom stereocenters. The van der Waals surface area contributed by atoms with E-state index in [2.05, 4.69) is 23.2 Å². The van der Waals surface area contributed by atoms with Crippen molar-refractivity contribution >= 4 is 11.3 Å². The van der Waals surface area contributed by atoms with Crippen molar-refractivity contribution in [3.63, 3.8) is 0 Å². The fraction of sp³-hybridized carbons (Fsp3) is 0.333. The van der Waals surface area contributed by atoms with Crippen LogP contribution in [0.25, 0.3) is 5.57 Å². The van der Waals surface area contributed by atoms with E-state index in [1.54, 1.807) is 13.0 Å². The molecule has 0 radical (unpaired) electrons. The summed E-state index contributed by atoms with van der Waals surface area (Å²) in [5.41, 5.74) is -1.19. The minimum Gasteiger partial charge on any atom is -0.454 e. The standard InChI is InChI=1S/C27H26F8N2O.C2H6.CH3F/c1-6-10-37(15-16(2)19-11-20(26(5,31)32)13-21(12-19)27(33,34)35)18(4)17(3)36-22-8-7-9-23(14-22)38-25(30)24(28)29;2*1-2/h6-15,24-25,36H,3-4H2,1-2,5H3;1-2H3;1H3/b10-6-,16-15+;;. The van der Waals surface area contributed by atoms with Gasteiger partial charge in [0.1, 0.15) is 5.75 Å². The maximum Gasteiger partial charge on any atom is 0.416 e. The van der Waals surface area contributed by atoms with Crippen LogP contribution < -0.4 is 10.1 Å². The molecule has 0 aliphatic rings. The molecule has 0 fully saturated rings. The molecule has 42 heavy (non-hydrogen) atoms. The summed E-state index contributed by atoms with van der Waals surface area (Å²) in [5, 5.41) is 2.86. The van der Waals surface area contributed by atoms with Gasteiger partial charge < -0.3 is 15.0 Å². The van der Waals surface area contributed by atoms with Gasteiger partial charge in [-0.25, -0.2) is 17.6 Å². The molecule has 1 N–H and O–H groups in total. The number of rotatable bonds is 11. The highest BCUT2D eigenvalue weighted by Gasteiger charge is 2.34. The lowest BCUT2D eigenvalue weighted by molar-refractivity contribution is -0.137. The summed E-state index contributed by atoms with van der Waals surface area (Å²) in [6, 6.07) is 7.64. The van der Waals surface area contributed by atoms with E-state index in [9.17, 15) is 39.5 Å². The topological polar surface area (TPSA) is 24.5 Å². The Balaban J connectivity index is 0.00000402. The van der Waals surface area contributed by atoms with Gasteiger partial charge in [-0.2, -0.15) is 17.6 Å². The predicted octanol–water partition coefficient (Wildman–Crippen LogP) is 10.7. The minimum atomic E-state index is -4.84. The first-order chi connectivity index (χ1) is 19.5. The number of hydrogen-bond acceptors (Lipinski definition) is 3. The van der Waals surface area contributed by atoms with E-state index >= 15 is 0 Å². The van der Waals surface area contributed by atoms with Gasteiger partial charge >= 0.3 is 12.6 Å². The average molecular weight is 611 g/mol. The Labute approximate surface area is 240 Å². The number of nitrogens with zero attached hydrogens (tertiary/aromatic N) is 1. The molecular weight excluding hydrogens is 575 g/mol. The van der Waals surface area contributed by atoms with Crippen molar-refractivity contribution in [3.05, 3.63) is 102 Å². The molecule has 0 bridgehead atoms. The molecule has 0 aliphatic heterocycles. The van der Waals surface area contributed by atoms with E-state index in [-0.39, 0.29) is 28.3 Å². The summed E-state index contributed by atoms with van der Waals surface area (Å²) in [6.07, 6.45) is -6.49. The van der Waals surface area contributed by atoms with Gasteiger partial charge in [0.2, 0.25) is 0 Å². The Morgan fingerprint density at radius 2 is 1.52 bits per heavy atom. The summed E-state index contributed by atoms with van der Waals surface area (Å²) in [4.78, 5) is 1.41. The van der Waals surface area contributed by atoms with Gasteiger partial charge in [-0.15, -0.1) is 0 Å². The molecule has 2 rings (SSSR count). The average Bonchev–Trinajstić information content (AvgIpc) is 2.93. The summed E-state index contributed by atoms with van der Waals surface area (Å²) < 4.78 is 120. The third-order valence-corrected chi connectivity index (χ3v) is 5.10. The number of halogens is 9. The Kier molecular flexibility index (Phi) is 15.6. The number of nitrogens with one attached hydrogen (secondary N) is 1. The first kappa shape index (κ1) is 38.2. The van der Waals surface area contributed by atoms with Crippen LogP contribution in [0.3, 0.4) is 0 Å². The zero-order valence-electron chi connectivity index (χ0n) is 24.1. The van der Waals surface area contributed by atoms with Crippen molar-refractivity contribution in [1.82, 2.24) is 4.90 Å². The maximum absolute atomic E-state index is 13.9. The van der Waals surface area contributed by atoms with Crippen LogP contribution in [0.5, 0.6) is 5.75 Å². The van der Waals surface area contributed by atoms with Gasteiger partial charge in [-0.1, -0.05) is 39.1 Å². The fourth-order valence-corrected chi connectivity index (χ4v) is 3.16. The number of alkyl halides is 9. The minimum absolute atomic E-state index is 0.0816. The summed E-state index contributed by atoms with van der Waals surface area (Å²) in [6.45, 7) is 15.4. The van der Waals surface area contributed by atoms with Gasteiger partial charge in [0.25, 0.3) is 12.3 Å². The molecule has 2 aromatic rings. The highest BCUT2D eigenvalue weighted by atomic mass is 19.4. The lowest BCUT2D eigenvalue weighted by Crippen LogP contribution is -2.19. The molecule has 0 aromatic heterocycles. The number of allylic oxidation sites excluding steroid dienone is 2. The second-order valence-electron chi connectivity index (χ2n) is 8.27. The normalized spacial score (nSPS) is 12.5. The van der Waals surface area contributed by atoms with Crippen LogP contribution in [0.2, 0.25) is 0 Å². The predicted molar refractivity (Wildman–Crippen MR) is 150 cm³/mol. The lowest BCUT2D eigenvalue weighted by Gasteiger charge is -2.23. The van der Waals surface area contributed by atoms with E-state index in [1.165, 1.54) is 48.5 Å². The van der Waals surface area contributed by atoms with Crippen LogP contribution in [-0.4, -0.2) is 24.9 Å². The van der Waals surface area contributed by atoms with Crippen molar-refractivity contribution < 1.29 is 44.3 Å². The molecule has 234 valence electrons. The zero-order valence-corrected chi connectivity index (χ0v) is 24.1. The molecule has 0 aliphatic carbocycles. The maximum atomic E-state index is 13.9. The van der Waals surface area contributed by atoms with E-state index in [4.69, 9.17) is 0 Å². The number of ether oxygens (including phenoxy) is 1. The van der Waals surface area contributed by atoms with Gasteiger partial charge in [0.05, 0.1) is 24.1 Å². The molecule has 0 heterocycles. The molecule has 3 nitrogen and oxygen atoms in total. The van der Waals surface area contributed by atoms with E-state index in [0.29, 0.717) is 25.9 Å². The van der Waals surface area contributed by atoms with Crippen molar-refractivity contribution in [1.29, 1.82) is 0 Å².